The van der Waals surface area contributed by atoms with E-state index in [0.29, 0.717) is 4.99 Å². The molecule has 1 aromatic rings. The molecule has 1 aromatic heterocycles. The first-order valence-corrected chi connectivity index (χ1v) is 8.14. The summed E-state index contributed by atoms with van der Waals surface area (Å²) in [6.45, 7) is 1.85. The van der Waals surface area contributed by atoms with E-state index in [1.165, 1.54) is 10.4 Å². The van der Waals surface area contributed by atoms with Gasteiger partial charge >= 0.3 is 0 Å². The molecule has 2 rings (SSSR count). The molecule has 0 fully saturated rings. The molecule has 2 heterocycles. The monoisotopic (exact) mass is 300 g/mol. The Kier molecular flexibility index (Phi) is 4.29. The van der Waals surface area contributed by atoms with Gasteiger partial charge in [0, 0.05) is 17.7 Å². The summed E-state index contributed by atoms with van der Waals surface area (Å²) in [5, 5.41) is 0. The van der Waals surface area contributed by atoms with Crippen molar-refractivity contribution in [1.82, 2.24) is 4.90 Å². The third-order valence-electron chi connectivity index (χ3n) is 3.15. The highest BCUT2D eigenvalue weighted by atomic mass is 32.2. The van der Waals surface area contributed by atoms with E-state index in [0.717, 1.165) is 22.8 Å². The first-order chi connectivity index (χ1) is 8.50. The van der Waals surface area contributed by atoms with Gasteiger partial charge in [-0.15, -0.1) is 11.3 Å². The molecule has 98 valence electrons. The zero-order valence-electron chi connectivity index (χ0n) is 10.4. The summed E-state index contributed by atoms with van der Waals surface area (Å²) < 4.78 is 0. The van der Waals surface area contributed by atoms with Gasteiger partial charge in [-0.3, -0.25) is 4.79 Å². The van der Waals surface area contributed by atoms with Crippen molar-refractivity contribution in [2.45, 2.75) is 25.1 Å². The minimum Gasteiger partial charge on any atom is -0.392 e. The van der Waals surface area contributed by atoms with E-state index in [1.807, 2.05) is 24.8 Å². The van der Waals surface area contributed by atoms with E-state index in [2.05, 4.69) is 0 Å². The Bertz CT molecular complexity index is 460. The Hall–Kier alpha value is -0.590. The molecular formula is C12H16N2OS3. The lowest BCUT2D eigenvalue weighted by Crippen LogP contribution is -2.42. The van der Waals surface area contributed by atoms with Gasteiger partial charge in [0.15, 0.2) is 0 Å². The number of nitrogens with two attached hydrogens (primary N) is 1. The number of hydrogen-bond donors (Lipinski definition) is 1. The SMILES string of the molecule is CC(C(N)=S)N(C)C(=O)c1cc2c(s1)CCSC2. The molecule has 1 aliphatic heterocycles. The zero-order valence-corrected chi connectivity index (χ0v) is 12.9. The minimum atomic E-state index is -0.207. The molecule has 2 N–H and O–H groups in total. The molecular weight excluding hydrogens is 284 g/mol. The lowest BCUT2D eigenvalue weighted by molar-refractivity contribution is 0.0783. The molecule has 0 aromatic carbocycles. The average molecular weight is 300 g/mol. The Balaban J connectivity index is 2.18. The van der Waals surface area contributed by atoms with Crippen LogP contribution in [0.15, 0.2) is 6.07 Å². The number of likely N-dealkylation sites (N-methyl/N-ethyl adjacent to an activating group) is 1. The number of thiophene rings is 1. The molecule has 0 saturated carbocycles. The number of fused-ring (bicyclic) bond motifs is 1. The Morgan fingerprint density at radius 3 is 2.94 bits per heavy atom. The molecule has 0 radical (unpaired) electrons. The van der Waals surface area contributed by atoms with Crippen LogP contribution in [0, 0.1) is 0 Å². The largest absolute Gasteiger partial charge is 0.392 e. The van der Waals surface area contributed by atoms with Gasteiger partial charge in [0.1, 0.15) is 0 Å². The number of thiocarbonyl (C=S) groups is 1. The molecule has 1 atom stereocenters. The van der Waals surface area contributed by atoms with E-state index in [9.17, 15) is 4.79 Å². The van der Waals surface area contributed by atoms with Gasteiger partial charge in [-0.05, 0) is 30.7 Å². The van der Waals surface area contributed by atoms with E-state index < -0.39 is 0 Å². The van der Waals surface area contributed by atoms with Crippen molar-refractivity contribution in [3.05, 3.63) is 21.4 Å². The van der Waals surface area contributed by atoms with Gasteiger partial charge < -0.3 is 10.6 Å². The van der Waals surface area contributed by atoms with Crippen molar-refractivity contribution >= 4 is 46.2 Å². The van der Waals surface area contributed by atoms with E-state index in [1.54, 1.807) is 23.3 Å². The molecule has 0 aliphatic carbocycles. The number of carbonyl (C=O) groups excluding carboxylic acids is 1. The fourth-order valence-corrected chi connectivity index (χ4v) is 4.31. The second-order valence-electron chi connectivity index (χ2n) is 4.36. The highest BCUT2D eigenvalue weighted by Crippen LogP contribution is 2.32. The first-order valence-electron chi connectivity index (χ1n) is 5.76. The van der Waals surface area contributed by atoms with E-state index in [-0.39, 0.29) is 11.9 Å². The summed E-state index contributed by atoms with van der Waals surface area (Å²) in [5.74, 6) is 2.19. The molecule has 0 spiro atoms. The van der Waals surface area contributed by atoms with Crippen LogP contribution in [0.4, 0.5) is 0 Å². The number of rotatable bonds is 3. The second kappa shape index (κ2) is 5.59. The molecule has 1 aliphatic rings. The summed E-state index contributed by atoms with van der Waals surface area (Å²) in [4.78, 5) is 16.4. The Morgan fingerprint density at radius 1 is 1.61 bits per heavy atom. The lowest BCUT2D eigenvalue weighted by Gasteiger charge is -2.23. The fraction of sp³-hybridized carbons (Fsp3) is 0.500. The van der Waals surface area contributed by atoms with Crippen molar-refractivity contribution in [3.63, 3.8) is 0 Å². The summed E-state index contributed by atoms with van der Waals surface area (Å²) in [7, 11) is 1.75. The van der Waals surface area contributed by atoms with Crippen molar-refractivity contribution in [2.24, 2.45) is 5.73 Å². The standard InChI is InChI=1S/C12H16N2OS3/c1-7(11(13)16)14(2)12(15)10-5-8-6-17-4-3-9(8)18-10/h5,7H,3-4,6H2,1-2H3,(H2,13,16). The number of carbonyl (C=O) groups is 1. The van der Waals surface area contributed by atoms with Crippen LogP contribution in [-0.2, 0) is 12.2 Å². The second-order valence-corrected chi connectivity index (χ2v) is 7.07. The Morgan fingerprint density at radius 2 is 2.33 bits per heavy atom. The third-order valence-corrected chi connectivity index (χ3v) is 5.73. The molecule has 18 heavy (non-hydrogen) atoms. The average Bonchev–Trinajstić information content (AvgIpc) is 2.79. The maximum Gasteiger partial charge on any atom is 0.264 e. The molecule has 0 bridgehead atoms. The van der Waals surface area contributed by atoms with Crippen LogP contribution in [0.5, 0.6) is 0 Å². The zero-order chi connectivity index (χ0) is 13.3. The van der Waals surface area contributed by atoms with Gasteiger partial charge in [-0.25, -0.2) is 0 Å². The number of aryl methyl sites for hydroxylation is 1. The van der Waals surface area contributed by atoms with Crippen LogP contribution in [0.1, 0.15) is 27.0 Å². The predicted molar refractivity (Wildman–Crippen MR) is 82.5 cm³/mol. The van der Waals surface area contributed by atoms with Gasteiger partial charge in [-0.1, -0.05) is 12.2 Å². The smallest absolute Gasteiger partial charge is 0.264 e. The number of hydrogen-bond acceptors (Lipinski definition) is 4. The summed E-state index contributed by atoms with van der Waals surface area (Å²) in [5.41, 5.74) is 6.90. The number of amides is 1. The number of nitrogens with zero attached hydrogens (tertiary/aromatic N) is 1. The maximum absolute atomic E-state index is 12.3. The van der Waals surface area contributed by atoms with Crippen molar-refractivity contribution < 1.29 is 4.79 Å². The van der Waals surface area contributed by atoms with Crippen LogP contribution in [0.3, 0.4) is 0 Å². The van der Waals surface area contributed by atoms with E-state index in [4.69, 9.17) is 18.0 Å². The lowest BCUT2D eigenvalue weighted by atomic mass is 10.2. The number of thioether (sulfide) groups is 1. The Labute approximate surface area is 121 Å². The van der Waals surface area contributed by atoms with Crippen LogP contribution < -0.4 is 5.73 Å². The summed E-state index contributed by atoms with van der Waals surface area (Å²) >= 11 is 8.47. The maximum atomic E-state index is 12.3. The van der Waals surface area contributed by atoms with Gasteiger partial charge in [-0.2, -0.15) is 11.8 Å². The predicted octanol–water partition coefficient (Wildman–Crippen LogP) is 2.28. The molecule has 6 heteroatoms. The molecule has 1 amide bonds. The summed E-state index contributed by atoms with van der Waals surface area (Å²) in [6.07, 6.45) is 1.08. The molecule has 0 saturated heterocycles. The van der Waals surface area contributed by atoms with Crippen LogP contribution >= 0.6 is 35.3 Å². The van der Waals surface area contributed by atoms with Crippen LogP contribution in [-0.4, -0.2) is 34.6 Å². The fourth-order valence-electron chi connectivity index (χ4n) is 1.79. The minimum absolute atomic E-state index is 0.0136. The summed E-state index contributed by atoms with van der Waals surface area (Å²) in [6, 6.07) is 1.82. The highest BCUT2D eigenvalue weighted by molar-refractivity contribution is 7.98. The van der Waals surface area contributed by atoms with Gasteiger partial charge in [0.05, 0.1) is 15.9 Å². The first kappa shape index (κ1) is 13.8. The highest BCUT2D eigenvalue weighted by Gasteiger charge is 2.23. The molecule has 3 nitrogen and oxygen atoms in total. The van der Waals surface area contributed by atoms with Crippen molar-refractivity contribution in [1.29, 1.82) is 0 Å². The van der Waals surface area contributed by atoms with Crippen LogP contribution in [0.25, 0.3) is 0 Å². The quantitative estimate of drug-likeness (QED) is 0.870. The van der Waals surface area contributed by atoms with Crippen LogP contribution in [0.2, 0.25) is 0 Å². The normalized spacial score (nSPS) is 15.9. The van der Waals surface area contributed by atoms with Gasteiger partial charge in [0.25, 0.3) is 5.91 Å². The third kappa shape index (κ3) is 2.70. The van der Waals surface area contributed by atoms with E-state index >= 15 is 0 Å². The molecule has 1 unspecified atom stereocenters. The van der Waals surface area contributed by atoms with Gasteiger partial charge in [0.2, 0.25) is 0 Å². The topological polar surface area (TPSA) is 46.3 Å². The van der Waals surface area contributed by atoms with Crippen molar-refractivity contribution in [2.75, 3.05) is 12.8 Å². The van der Waals surface area contributed by atoms with Crippen molar-refractivity contribution in [3.8, 4) is 0 Å².